The van der Waals surface area contributed by atoms with Crippen molar-refractivity contribution < 1.29 is 24.0 Å². The number of aliphatic hydroxyl groups excluding tert-OH is 1. The second-order valence-electron chi connectivity index (χ2n) is 7.82. The third-order valence-corrected chi connectivity index (χ3v) is 6.83. The number of aromatic nitrogens is 1. The molecule has 2 N–H and O–H groups in total. The molecule has 31 heavy (non-hydrogen) atoms. The van der Waals surface area contributed by atoms with Crippen molar-refractivity contribution >= 4 is 33.2 Å². The number of amides is 2. The average molecular weight is 442 g/mol. The van der Waals surface area contributed by atoms with Gasteiger partial charge in [0.25, 0.3) is 11.8 Å². The highest BCUT2D eigenvalue weighted by atomic mass is 32.1. The molecule has 2 amide bonds. The molecule has 1 atom stereocenters. The number of carbonyl (C=O) groups is 2. The largest absolute Gasteiger partial charge is 0.395 e. The minimum Gasteiger partial charge on any atom is -0.395 e. The lowest BCUT2D eigenvalue weighted by atomic mass is 10.0. The molecule has 1 aliphatic carbocycles. The number of nitrogens with zero attached hydrogens (tertiary/aromatic N) is 2. The fraction of sp³-hybridized carbons (Fsp3) is 0.409. The van der Waals surface area contributed by atoms with Crippen LogP contribution in [0.3, 0.4) is 0 Å². The number of hydrogen-bond donors (Lipinski definition) is 2. The summed E-state index contributed by atoms with van der Waals surface area (Å²) in [5.41, 5.74) is 1.10. The fourth-order valence-electron chi connectivity index (χ4n) is 3.92. The van der Waals surface area contributed by atoms with Crippen LogP contribution in [0.2, 0.25) is 0 Å². The molecule has 2 aromatic heterocycles. The molecule has 0 radical (unpaired) electrons. The number of hydrogen-bond acceptors (Lipinski definition) is 7. The number of aliphatic hydroxyl groups is 1. The highest BCUT2D eigenvalue weighted by Gasteiger charge is 2.34. The molecule has 3 aromatic rings. The monoisotopic (exact) mass is 441 g/mol. The molecule has 1 aliphatic heterocycles. The highest BCUT2D eigenvalue weighted by molar-refractivity contribution is 7.21. The first-order chi connectivity index (χ1) is 15.2. The van der Waals surface area contributed by atoms with E-state index in [2.05, 4.69) is 10.5 Å². The zero-order valence-corrected chi connectivity index (χ0v) is 17.7. The number of morpholine rings is 1. The van der Waals surface area contributed by atoms with Gasteiger partial charge in [0.1, 0.15) is 11.9 Å². The maximum absolute atomic E-state index is 13.0. The number of ether oxygens (including phenoxy) is 1. The van der Waals surface area contributed by atoms with E-state index in [1.807, 2.05) is 24.3 Å². The Hall–Kier alpha value is -2.75. The third-order valence-electron chi connectivity index (χ3n) is 5.64. The van der Waals surface area contributed by atoms with E-state index in [-0.39, 0.29) is 25.0 Å². The van der Waals surface area contributed by atoms with Gasteiger partial charge in [0.15, 0.2) is 5.69 Å². The molecule has 9 heteroatoms. The Kier molecular flexibility index (Phi) is 5.47. The summed E-state index contributed by atoms with van der Waals surface area (Å²) in [7, 11) is 0. The van der Waals surface area contributed by atoms with Crippen LogP contribution in [0.25, 0.3) is 10.1 Å². The molecule has 0 bridgehead atoms. The van der Waals surface area contributed by atoms with Crippen molar-refractivity contribution in [3.8, 4) is 0 Å². The van der Waals surface area contributed by atoms with E-state index in [4.69, 9.17) is 14.4 Å². The molecule has 2 aliphatic rings. The molecule has 5 rings (SSSR count). The van der Waals surface area contributed by atoms with Crippen molar-refractivity contribution in [1.82, 2.24) is 15.4 Å². The molecule has 1 saturated carbocycles. The van der Waals surface area contributed by atoms with Gasteiger partial charge in [-0.2, -0.15) is 0 Å². The SMILES string of the molecule is O=C(NCCO)c1sc2ccccc2c1[C@H]1CN(C(=O)c2cc(C3CC3)on2)CCO1. The van der Waals surface area contributed by atoms with Crippen molar-refractivity contribution in [1.29, 1.82) is 0 Å². The predicted molar refractivity (Wildman–Crippen MR) is 114 cm³/mol. The van der Waals surface area contributed by atoms with Gasteiger partial charge in [-0.15, -0.1) is 11.3 Å². The summed E-state index contributed by atoms with van der Waals surface area (Å²) >= 11 is 1.39. The van der Waals surface area contributed by atoms with Crippen LogP contribution in [-0.4, -0.2) is 59.8 Å². The zero-order valence-electron chi connectivity index (χ0n) is 16.9. The van der Waals surface area contributed by atoms with Crippen LogP contribution in [0.1, 0.15) is 56.3 Å². The summed E-state index contributed by atoms with van der Waals surface area (Å²) in [6.07, 6.45) is 1.72. The Balaban J connectivity index is 1.42. The summed E-state index contributed by atoms with van der Waals surface area (Å²) < 4.78 is 12.4. The van der Waals surface area contributed by atoms with Crippen LogP contribution < -0.4 is 5.32 Å². The predicted octanol–water partition coefficient (Wildman–Crippen LogP) is 2.70. The van der Waals surface area contributed by atoms with Crippen molar-refractivity contribution in [3.63, 3.8) is 0 Å². The Bertz CT molecular complexity index is 1120. The number of carbonyl (C=O) groups excluding carboxylic acids is 2. The normalized spacial score (nSPS) is 19.0. The van der Waals surface area contributed by atoms with Gasteiger partial charge >= 0.3 is 0 Å². The molecule has 8 nitrogen and oxygen atoms in total. The number of rotatable bonds is 6. The molecule has 1 aromatic carbocycles. The molecule has 2 fully saturated rings. The number of fused-ring (bicyclic) bond motifs is 1. The molecule has 0 spiro atoms. The Morgan fingerprint density at radius 3 is 2.94 bits per heavy atom. The smallest absolute Gasteiger partial charge is 0.276 e. The van der Waals surface area contributed by atoms with Crippen LogP contribution >= 0.6 is 11.3 Å². The Labute approximate surface area is 182 Å². The fourth-order valence-corrected chi connectivity index (χ4v) is 5.09. The summed E-state index contributed by atoms with van der Waals surface area (Å²) in [6.45, 7) is 1.19. The first-order valence-corrected chi connectivity index (χ1v) is 11.3. The van der Waals surface area contributed by atoms with E-state index >= 15 is 0 Å². The Morgan fingerprint density at radius 2 is 2.13 bits per heavy atom. The second-order valence-corrected chi connectivity index (χ2v) is 8.87. The maximum atomic E-state index is 13.0. The van der Waals surface area contributed by atoms with E-state index in [1.165, 1.54) is 11.3 Å². The van der Waals surface area contributed by atoms with Gasteiger partial charge < -0.3 is 24.6 Å². The number of nitrogens with one attached hydrogen (secondary N) is 1. The van der Waals surface area contributed by atoms with E-state index < -0.39 is 6.10 Å². The van der Waals surface area contributed by atoms with Crippen LogP contribution in [0.5, 0.6) is 0 Å². The van der Waals surface area contributed by atoms with Gasteiger partial charge in [-0.05, 0) is 24.3 Å². The van der Waals surface area contributed by atoms with Crippen LogP contribution in [0, 0.1) is 0 Å². The first-order valence-electron chi connectivity index (χ1n) is 10.4. The molecular weight excluding hydrogens is 418 g/mol. The van der Waals surface area contributed by atoms with Crippen LogP contribution in [-0.2, 0) is 4.74 Å². The number of thiophene rings is 1. The lowest BCUT2D eigenvalue weighted by molar-refractivity contribution is -0.0225. The molecule has 3 heterocycles. The minimum atomic E-state index is -0.432. The van der Waals surface area contributed by atoms with Gasteiger partial charge in [-0.1, -0.05) is 23.4 Å². The van der Waals surface area contributed by atoms with Crippen LogP contribution in [0.15, 0.2) is 34.9 Å². The summed E-state index contributed by atoms with van der Waals surface area (Å²) in [5.74, 6) is 0.737. The highest BCUT2D eigenvalue weighted by Crippen LogP contribution is 2.41. The molecule has 162 valence electrons. The summed E-state index contributed by atoms with van der Waals surface area (Å²) in [5, 5.41) is 16.7. The quantitative estimate of drug-likeness (QED) is 0.609. The standard InChI is InChI=1S/C22H23N3O5S/c26-9-7-23-21(27)20-19(14-3-1-2-4-18(14)31-20)17-12-25(8-10-29-17)22(28)15-11-16(30-24-15)13-5-6-13/h1-4,11,13,17,26H,5-10,12H2,(H,23,27)/t17-/m1/s1. The van der Waals surface area contributed by atoms with E-state index in [1.54, 1.807) is 11.0 Å². The molecule has 1 saturated heterocycles. The molecule has 0 unspecified atom stereocenters. The van der Waals surface area contributed by atoms with Crippen molar-refractivity contribution in [2.24, 2.45) is 0 Å². The Morgan fingerprint density at radius 1 is 1.29 bits per heavy atom. The van der Waals surface area contributed by atoms with Gasteiger partial charge in [0, 0.05) is 35.3 Å². The van der Waals surface area contributed by atoms with E-state index in [0.717, 1.165) is 34.3 Å². The van der Waals surface area contributed by atoms with Gasteiger partial charge in [-0.3, -0.25) is 9.59 Å². The van der Waals surface area contributed by atoms with Crippen molar-refractivity contribution in [2.45, 2.75) is 24.9 Å². The van der Waals surface area contributed by atoms with Gasteiger partial charge in [-0.25, -0.2) is 0 Å². The van der Waals surface area contributed by atoms with Crippen molar-refractivity contribution in [3.05, 3.63) is 52.2 Å². The lowest BCUT2D eigenvalue weighted by Crippen LogP contribution is -2.42. The van der Waals surface area contributed by atoms with Crippen LogP contribution in [0.4, 0.5) is 0 Å². The average Bonchev–Trinajstić information content (AvgIpc) is 3.40. The van der Waals surface area contributed by atoms with E-state index in [9.17, 15) is 9.59 Å². The zero-order chi connectivity index (χ0) is 21.4. The van der Waals surface area contributed by atoms with Gasteiger partial charge in [0.2, 0.25) is 0 Å². The maximum Gasteiger partial charge on any atom is 0.276 e. The van der Waals surface area contributed by atoms with Gasteiger partial charge in [0.05, 0.1) is 24.6 Å². The third kappa shape index (κ3) is 3.96. The first kappa shape index (κ1) is 20.2. The topological polar surface area (TPSA) is 105 Å². The summed E-state index contributed by atoms with van der Waals surface area (Å²) in [6, 6.07) is 9.53. The minimum absolute atomic E-state index is 0.130. The van der Waals surface area contributed by atoms with Crippen molar-refractivity contribution in [2.75, 3.05) is 32.8 Å². The summed E-state index contributed by atoms with van der Waals surface area (Å²) in [4.78, 5) is 28.1. The lowest BCUT2D eigenvalue weighted by Gasteiger charge is -2.33. The number of benzene rings is 1. The van der Waals surface area contributed by atoms with E-state index in [0.29, 0.717) is 36.2 Å². The molecular formula is C22H23N3O5S. The second kappa shape index (κ2) is 8.41.